The number of nitrogens with one attached hydrogen (secondary N) is 3. The molecule has 0 radical (unpaired) electrons. The van der Waals surface area contributed by atoms with E-state index < -0.39 is 12.1 Å². The van der Waals surface area contributed by atoms with Gasteiger partial charge in [0.25, 0.3) is 5.91 Å². The number of carbonyl (C=O) groups is 3. The van der Waals surface area contributed by atoms with Crippen molar-refractivity contribution < 1.29 is 14.4 Å². The molecule has 0 aliphatic carbocycles. The van der Waals surface area contributed by atoms with Crippen molar-refractivity contribution in [1.29, 1.82) is 5.26 Å². The Kier molecular flexibility index (Phi) is 8.76. The molecular formula is C28H34N8O3. The van der Waals surface area contributed by atoms with Crippen LogP contribution in [0.5, 0.6) is 0 Å². The van der Waals surface area contributed by atoms with Crippen molar-refractivity contribution in [3.05, 3.63) is 59.7 Å². The molecule has 1 aromatic carbocycles. The van der Waals surface area contributed by atoms with Gasteiger partial charge in [-0.25, -0.2) is 9.67 Å². The number of H-pyrrole nitrogens is 1. The van der Waals surface area contributed by atoms with E-state index in [1.165, 1.54) is 12.3 Å². The first-order valence-corrected chi connectivity index (χ1v) is 13.2. The fourth-order valence-corrected chi connectivity index (χ4v) is 4.61. The molecule has 39 heavy (non-hydrogen) atoms. The van der Waals surface area contributed by atoms with Gasteiger partial charge < -0.3 is 20.5 Å². The number of hydrogen-bond acceptors (Lipinski definition) is 6. The lowest BCUT2D eigenvalue weighted by Crippen LogP contribution is -2.48. The SMILES string of the molecule is CC(C)C[C@H]1NC(=O)CCCN(C(=O)c2cc(C#N)c[nH]2)CCn2nc(-c3ccccc3)nc2[C@@H](C)NC1=O. The Hall–Kier alpha value is -4.46. The minimum atomic E-state index is -0.686. The summed E-state index contributed by atoms with van der Waals surface area (Å²) in [7, 11) is 0. The molecule has 0 fully saturated rings. The molecule has 204 valence electrons. The minimum Gasteiger partial charge on any atom is -0.356 e. The number of rotatable bonds is 4. The lowest BCUT2D eigenvalue weighted by atomic mass is 10.0. The minimum absolute atomic E-state index is 0.169. The number of nitrogens with zero attached hydrogens (tertiary/aromatic N) is 5. The zero-order chi connectivity index (χ0) is 27.9. The molecule has 2 aromatic heterocycles. The molecule has 3 N–H and O–H groups in total. The highest BCUT2D eigenvalue weighted by Crippen LogP contribution is 2.20. The highest BCUT2D eigenvalue weighted by Gasteiger charge is 2.27. The fraction of sp³-hybridized carbons (Fsp3) is 0.429. The fourth-order valence-electron chi connectivity index (χ4n) is 4.61. The van der Waals surface area contributed by atoms with Gasteiger partial charge >= 0.3 is 0 Å². The van der Waals surface area contributed by atoms with Gasteiger partial charge in [0.1, 0.15) is 23.6 Å². The number of fused-ring (bicyclic) bond motifs is 1. The molecule has 0 saturated carbocycles. The average Bonchev–Trinajstić information content (AvgIpc) is 3.57. The van der Waals surface area contributed by atoms with Crippen LogP contribution in [0.2, 0.25) is 0 Å². The number of amides is 3. The van der Waals surface area contributed by atoms with E-state index in [0.29, 0.717) is 55.4 Å². The van der Waals surface area contributed by atoms with E-state index in [2.05, 4.69) is 15.6 Å². The number of aromatic amines is 1. The molecule has 2 atom stereocenters. The molecule has 11 heteroatoms. The summed E-state index contributed by atoms with van der Waals surface area (Å²) in [6.07, 6.45) is 2.56. The van der Waals surface area contributed by atoms with Crippen LogP contribution in [0.3, 0.4) is 0 Å². The van der Waals surface area contributed by atoms with Gasteiger partial charge in [-0.2, -0.15) is 10.4 Å². The van der Waals surface area contributed by atoms with Crippen LogP contribution in [0.1, 0.15) is 68.0 Å². The largest absolute Gasteiger partial charge is 0.356 e. The summed E-state index contributed by atoms with van der Waals surface area (Å²) in [6.45, 7) is 6.77. The van der Waals surface area contributed by atoms with Crippen molar-refractivity contribution in [3.63, 3.8) is 0 Å². The molecule has 11 nitrogen and oxygen atoms in total. The number of aromatic nitrogens is 4. The van der Waals surface area contributed by atoms with Crippen LogP contribution in [0.25, 0.3) is 11.4 Å². The number of benzene rings is 1. The highest BCUT2D eigenvalue weighted by molar-refractivity contribution is 5.93. The van der Waals surface area contributed by atoms with Gasteiger partial charge in [0.05, 0.1) is 18.2 Å². The third-order valence-electron chi connectivity index (χ3n) is 6.58. The first-order valence-electron chi connectivity index (χ1n) is 13.2. The first kappa shape index (κ1) is 27.6. The van der Waals surface area contributed by atoms with Crippen LogP contribution in [-0.2, 0) is 16.1 Å². The Balaban J connectivity index is 1.68. The van der Waals surface area contributed by atoms with Gasteiger partial charge in [-0.15, -0.1) is 0 Å². The van der Waals surface area contributed by atoms with Crippen LogP contribution < -0.4 is 10.6 Å². The van der Waals surface area contributed by atoms with E-state index >= 15 is 0 Å². The molecule has 0 bridgehead atoms. The molecule has 0 spiro atoms. The summed E-state index contributed by atoms with van der Waals surface area (Å²) in [5.41, 5.74) is 1.51. The molecule has 0 unspecified atom stereocenters. The van der Waals surface area contributed by atoms with Crippen molar-refractivity contribution in [2.45, 2.75) is 58.7 Å². The van der Waals surface area contributed by atoms with Crippen molar-refractivity contribution >= 4 is 17.7 Å². The maximum Gasteiger partial charge on any atom is 0.270 e. The summed E-state index contributed by atoms with van der Waals surface area (Å²) in [6, 6.07) is 11.9. The smallest absolute Gasteiger partial charge is 0.270 e. The summed E-state index contributed by atoms with van der Waals surface area (Å²) in [5.74, 6) is 0.476. The van der Waals surface area contributed by atoms with Gasteiger partial charge in [-0.05, 0) is 31.7 Å². The van der Waals surface area contributed by atoms with Crippen LogP contribution in [-0.4, -0.2) is 61.5 Å². The zero-order valence-corrected chi connectivity index (χ0v) is 22.5. The molecular weight excluding hydrogens is 496 g/mol. The molecule has 1 aliphatic heterocycles. The van der Waals surface area contributed by atoms with E-state index in [-0.39, 0.29) is 30.1 Å². The van der Waals surface area contributed by atoms with E-state index in [1.54, 1.807) is 9.58 Å². The Labute approximate surface area is 227 Å². The maximum atomic E-state index is 13.4. The number of hydrogen-bond donors (Lipinski definition) is 3. The van der Waals surface area contributed by atoms with Gasteiger partial charge in [0.2, 0.25) is 11.8 Å². The second kappa shape index (κ2) is 12.4. The topological polar surface area (TPSA) is 149 Å². The van der Waals surface area contributed by atoms with E-state index in [1.807, 2.05) is 57.2 Å². The predicted molar refractivity (Wildman–Crippen MR) is 144 cm³/mol. The van der Waals surface area contributed by atoms with E-state index in [9.17, 15) is 14.4 Å². The molecule has 3 heterocycles. The van der Waals surface area contributed by atoms with Crippen LogP contribution in [0.4, 0.5) is 0 Å². The molecule has 3 amide bonds. The van der Waals surface area contributed by atoms with Crippen molar-refractivity contribution in [3.8, 4) is 17.5 Å². The van der Waals surface area contributed by atoms with Crippen LogP contribution in [0, 0.1) is 17.2 Å². The summed E-state index contributed by atoms with van der Waals surface area (Å²) < 4.78 is 1.73. The van der Waals surface area contributed by atoms with Crippen molar-refractivity contribution in [2.75, 3.05) is 13.1 Å². The molecule has 4 rings (SSSR count). The first-order chi connectivity index (χ1) is 18.7. The quantitative estimate of drug-likeness (QED) is 0.472. The Morgan fingerprint density at radius 3 is 2.62 bits per heavy atom. The van der Waals surface area contributed by atoms with Gasteiger partial charge in [-0.1, -0.05) is 44.2 Å². The Morgan fingerprint density at radius 2 is 1.92 bits per heavy atom. The predicted octanol–water partition coefficient (Wildman–Crippen LogP) is 2.79. The van der Waals surface area contributed by atoms with E-state index in [4.69, 9.17) is 15.3 Å². The Morgan fingerprint density at radius 1 is 1.15 bits per heavy atom. The standard InChI is InChI=1S/C28H34N8O3/c1-18(2)14-22-27(38)31-19(3)26-33-25(21-8-5-4-6-9-21)34-36(26)13-12-35(11-7-10-24(37)32-22)28(39)23-15-20(16-29)17-30-23/h4-6,8-9,15,17-19,22,30H,7,10-14H2,1-3H3,(H,31,38)(H,32,37)/t19-,22-/m1/s1. The third-order valence-corrected chi connectivity index (χ3v) is 6.58. The number of nitriles is 1. The van der Waals surface area contributed by atoms with Gasteiger partial charge in [0, 0.05) is 31.3 Å². The lowest BCUT2D eigenvalue weighted by Gasteiger charge is -2.25. The second-order valence-electron chi connectivity index (χ2n) is 10.2. The highest BCUT2D eigenvalue weighted by atomic mass is 16.2. The zero-order valence-electron chi connectivity index (χ0n) is 22.5. The van der Waals surface area contributed by atoms with Crippen molar-refractivity contribution in [1.82, 2.24) is 35.3 Å². The lowest BCUT2D eigenvalue weighted by molar-refractivity contribution is -0.129. The second-order valence-corrected chi connectivity index (χ2v) is 10.2. The summed E-state index contributed by atoms with van der Waals surface area (Å²) in [4.78, 5) is 48.6. The molecule has 1 aliphatic rings. The third kappa shape index (κ3) is 6.90. The monoisotopic (exact) mass is 530 g/mol. The van der Waals surface area contributed by atoms with E-state index in [0.717, 1.165) is 5.56 Å². The molecule has 3 aromatic rings. The van der Waals surface area contributed by atoms with Crippen molar-refractivity contribution in [2.24, 2.45) is 5.92 Å². The summed E-state index contributed by atoms with van der Waals surface area (Å²) in [5, 5.41) is 19.8. The average molecular weight is 531 g/mol. The Bertz CT molecular complexity index is 1350. The van der Waals surface area contributed by atoms with Crippen LogP contribution >= 0.6 is 0 Å². The summed E-state index contributed by atoms with van der Waals surface area (Å²) >= 11 is 0. The van der Waals surface area contributed by atoms with Gasteiger partial charge in [0.15, 0.2) is 5.82 Å². The molecule has 0 saturated heterocycles. The normalized spacial score (nSPS) is 19.0. The maximum absolute atomic E-state index is 13.4. The van der Waals surface area contributed by atoms with Crippen LogP contribution in [0.15, 0.2) is 42.6 Å². The van der Waals surface area contributed by atoms with Gasteiger partial charge in [-0.3, -0.25) is 14.4 Å². The number of carbonyl (C=O) groups excluding carboxylic acids is 3.